The fraction of sp³-hybridized carbons (Fsp3) is 0.800. The molecule has 1 aliphatic heterocycles. The van der Waals surface area contributed by atoms with Crippen LogP contribution in [0.4, 0.5) is 0 Å². The normalized spacial score (nSPS) is 31.7. The van der Waals surface area contributed by atoms with Crippen LogP contribution in [0.1, 0.15) is 19.3 Å². The lowest BCUT2D eigenvalue weighted by Gasteiger charge is -2.25. The molecule has 1 spiro atoms. The van der Waals surface area contributed by atoms with Gasteiger partial charge in [0, 0.05) is 12.0 Å². The third kappa shape index (κ3) is 0.315. The van der Waals surface area contributed by atoms with Gasteiger partial charge >= 0.3 is 0 Å². The van der Waals surface area contributed by atoms with E-state index in [0.717, 1.165) is 6.42 Å². The van der Waals surface area contributed by atoms with Gasteiger partial charge in [-0.1, -0.05) is 0 Å². The molecule has 2 fully saturated rings. The van der Waals surface area contributed by atoms with E-state index in [1.807, 2.05) is 0 Å². The van der Waals surface area contributed by atoms with Gasteiger partial charge in [0.1, 0.15) is 0 Å². The Balaban J connectivity index is 2.09. The smallest absolute Gasteiger partial charge is 0.222 e. The SMILES string of the molecule is O=C1CC2(CC2)N1. The minimum Gasteiger partial charge on any atom is -0.350 e. The first-order valence-corrected chi connectivity index (χ1v) is 2.62. The minimum atomic E-state index is 0.234. The van der Waals surface area contributed by atoms with Gasteiger partial charge in [0.2, 0.25) is 5.91 Å². The molecule has 0 unspecified atom stereocenters. The summed E-state index contributed by atoms with van der Waals surface area (Å²) in [5.41, 5.74) is 0.344. The third-order valence-electron chi connectivity index (χ3n) is 1.76. The molecule has 1 aliphatic carbocycles. The topological polar surface area (TPSA) is 29.1 Å². The number of β-lactam (4-membered cyclic amide) rings is 1. The Bertz CT molecular complexity index is 116. The second kappa shape index (κ2) is 0.703. The van der Waals surface area contributed by atoms with Crippen LogP contribution >= 0.6 is 0 Å². The summed E-state index contributed by atoms with van der Waals surface area (Å²) in [4.78, 5) is 10.2. The Hall–Kier alpha value is -0.530. The largest absolute Gasteiger partial charge is 0.350 e. The minimum absolute atomic E-state index is 0.234. The summed E-state index contributed by atoms with van der Waals surface area (Å²) >= 11 is 0. The summed E-state index contributed by atoms with van der Waals surface area (Å²) in [7, 11) is 0. The van der Waals surface area contributed by atoms with Crippen LogP contribution in [-0.2, 0) is 4.79 Å². The summed E-state index contributed by atoms with van der Waals surface area (Å²) in [5, 5.41) is 2.85. The molecule has 0 aromatic heterocycles. The molecule has 2 nitrogen and oxygen atoms in total. The molecule has 1 amide bonds. The maximum Gasteiger partial charge on any atom is 0.222 e. The first kappa shape index (κ1) is 3.47. The van der Waals surface area contributed by atoms with Crippen molar-refractivity contribution in [2.45, 2.75) is 24.8 Å². The molecule has 0 radical (unpaired) electrons. The second-order valence-electron chi connectivity index (χ2n) is 2.51. The van der Waals surface area contributed by atoms with Crippen molar-refractivity contribution in [1.29, 1.82) is 0 Å². The van der Waals surface area contributed by atoms with Crippen LogP contribution in [0.15, 0.2) is 0 Å². The predicted molar refractivity (Wildman–Crippen MR) is 24.7 cm³/mol. The van der Waals surface area contributed by atoms with Crippen molar-refractivity contribution in [2.75, 3.05) is 0 Å². The predicted octanol–water partition coefficient (Wildman–Crippen LogP) is 0.0389. The number of rotatable bonds is 0. The van der Waals surface area contributed by atoms with E-state index in [2.05, 4.69) is 5.32 Å². The van der Waals surface area contributed by atoms with Crippen molar-refractivity contribution >= 4 is 5.91 Å². The molecular weight excluding hydrogens is 90.1 g/mol. The van der Waals surface area contributed by atoms with Crippen LogP contribution in [0.3, 0.4) is 0 Å². The quantitative estimate of drug-likeness (QED) is 0.425. The molecule has 38 valence electrons. The lowest BCUT2D eigenvalue weighted by atomic mass is 10.1. The molecule has 2 rings (SSSR count). The van der Waals surface area contributed by atoms with Crippen molar-refractivity contribution in [3.8, 4) is 0 Å². The van der Waals surface area contributed by atoms with Gasteiger partial charge < -0.3 is 5.32 Å². The first-order chi connectivity index (χ1) is 3.31. The van der Waals surface area contributed by atoms with Crippen molar-refractivity contribution < 1.29 is 4.79 Å². The first-order valence-electron chi connectivity index (χ1n) is 2.62. The molecule has 1 heterocycles. The zero-order valence-corrected chi connectivity index (χ0v) is 4.03. The molecule has 1 saturated carbocycles. The van der Waals surface area contributed by atoms with E-state index in [1.54, 1.807) is 0 Å². The van der Waals surface area contributed by atoms with E-state index < -0.39 is 0 Å². The van der Waals surface area contributed by atoms with Crippen LogP contribution in [0.25, 0.3) is 0 Å². The molecule has 0 bridgehead atoms. The number of nitrogens with one attached hydrogen (secondary N) is 1. The molecule has 2 aliphatic rings. The van der Waals surface area contributed by atoms with Crippen LogP contribution < -0.4 is 5.32 Å². The number of carbonyl (C=O) groups excluding carboxylic acids is 1. The van der Waals surface area contributed by atoms with Crippen LogP contribution in [0.5, 0.6) is 0 Å². The molecule has 7 heavy (non-hydrogen) atoms. The van der Waals surface area contributed by atoms with Crippen molar-refractivity contribution in [3.05, 3.63) is 0 Å². The fourth-order valence-electron chi connectivity index (χ4n) is 1.04. The third-order valence-corrected chi connectivity index (χ3v) is 1.76. The number of hydrogen-bond acceptors (Lipinski definition) is 1. The monoisotopic (exact) mass is 97.1 g/mol. The molecule has 0 aromatic carbocycles. The lowest BCUT2D eigenvalue weighted by molar-refractivity contribution is -0.129. The Morgan fingerprint density at radius 2 is 2.14 bits per heavy atom. The molecule has 1 saturated heterocycles. The van der Waals surface area contributed by atoms with Crippen molar-refractivity contribution in [3.63, 3.8) is 0 Å². The molecular formula is C5H7NO. The highest BCUT2D eigenvalue weighted by Gasteiger charge is 2.52. The Kier molecular flexibility index (Phi) is 0.348. The zero-order chi connectivity index (χ0) is 4.91. The van der Waals surface area contributed by atoms with Gasteiger partial charge in [0.25, 0.3) is 0 Å². The van der Waals surface area contributed by atoms with E-state index in [1.165, 1.54) is 12.8 Å². The second-order valence-corrected chi connectivity index (χ2v) is 2.51. The summed E-state index contributed by atoms with van der Waals surface area (Å²) in [6.45, 7) is 0. The Morgan fingerprint density at radius 1 is 1.57 bits per heavy atom. The van der Waals surface area contributed by atoms with E-state index in [-0.39, 0.29) is 5.91 Å². The van der Waals surface area contributed by atoms with Crippen LogP contribution in [0, 0.1) is 0 Å². The molecule has 2 heteroatoms. The van der Waals surface area contributed by atoms with E-state index in [9.17, 15) is 4.79 Å². The van der Waals surface area contributed by atoms with E-state index >= 15 is 0 Å². The van der Waals surface area contributed by atoms with Gasteiger partial charge in [-0.15, -0.1) is 0 Å². The summed E-state index contributed by atoms with van der Waals surface area (Å²) in [5.74, 6) is 0.234. The van der Waals surface area contributed by atoms with Gasteiger partial charge in [0.15, 0.2) is 0 Å². The Morgan fingerprint density at radius 3 is 2.29 bits per heavy atom. The van der Waals surface area contributed by atoms with Crippen molar-refractivity contribution in [2.24, 2.45) is 0 Å². The maximum atomic E-state index is 10.2. The van der Waals surface area contributed by atoms with Gasteiger partial charge in [-0.25, -0.2) is 0 Å². The van der Waals surface area contributed by atoms with Gasteiger partial charge in [-0.3, -0.25) is 4.79 Å². The summed E-state index contributed by atoms with van der Waals surface area (Å²) in [6.07, 6.45) is 3.24. The Labute approximate surface area is 41.9 Å². The average Bonchev–Trinajstić information content (AvgIpc) is 2.14. The van der Waals surface area contributed by atoms with Crippen LogP contribution in [0.2, 0.25) is 0 Å². The van der Waals surface area contributed by atoms with Gasteiger partial charge in [-0.2, -0.15) is 0 Å². The summed E-state index contributed by atoms with van der Waals surface area (Å²) < 4.78 is 0. The zero-order valence-electron chi connectivity index (χ0n) is 4.03. The van der Waals surface area contributed by atoms with E-state index in [0.29, 0.717) is 5.54 Å². The highest BCUT2D eigenvalue weighted by atomic mass is 16.2. The highest BCUT2D eigenvalue weighted by molar-refractivity contribution is 5.86. The lowest BCUT2D eigenvalue weighted by Crippen LogP contribution is -2.50. The maximum absolute atomic E-state index is 10.2. The highest BCUT2D eigenvalue weighted by Crippen LogP contribution is 2.43. The average molecular weight is 97.1 g/mol. The van der Waals surface area contributed by atoms with E-state index in [4.69, 9.17) is 0 Å². The molecule has 1 N–H and O–H groups in total. The number of amides is 1. The van der Waals surface area contributed by atoms with Crippen molar-refractivity contribution in [1.82, 2.24) is 5.32 Å². The fourth-order valence-corrected chi connectivity index (χ4v) is 1.04. The van der Waals surface area contributed by atoms with Gasteiger partial charge in [-0.05, 0) is 12.8 Å². The van der Waals surface area contributed by atoms with Gasteiger partial charge in [0.05, 0.1) is 0 Å². The number of carbonyl (C=O) groups is 1. The standard InChI is InChI=1S/C5H7NO/c7-4-3-5(6-4)1-2-5/h1-3H2,(H,6,7). The molecule has 0 atom stereocenters. The number of hydrogen-bond donors (Lipinski definition) is 1. The summed E-state index contributed by atoms with van der Waals surface area (Å²) in [6, 6.07) is 0. The van der Waals surface area contributed by atoms with Crippen LogP contribution in [-0.4, -0.2) is 11.4 Å². The molecule has 0 aromatic rings.